The number of benzene rings is 1. The second kappa shape index (κ2) is 6.49. The lowest BCUT2D eigenvalue weighted by atomic mass is 10.1. The van der Waals surface area contributed by atoms with Gasteiger partial charge in [0.05, 0.1) is 0 Å². The standard InChI is InChI=1S/C15H23N/c1-5-14(4)16(11-13(2)3)12-15-9-7-6-8-10-15/h5-10,13-14H,1,11-12H2,2-4H3. The quantitative estimate of drug-likeness (QED) is 0.656. The Labute approximate surface area is 99.8 Å². The summed E-state index contributed by atoms with van der Waals surface area (Å²) < 4.78 is 0. The van der Waals surface area contributed by atoms with Gasteiger partial charge in [-0.2, -0.15) is 0 Å². The molecule has 1 rings (SSSR count). The Balaban J connectivity index is 2.66. The van der Waals surface area contributed by atoms with Gasteiger partial charge in [0, 0.05) is 19.1 Å². The molecule has 0 aliphatic rings. The summed E-state index contributed by atoms with van der Waals surface area (Å²) in [7, 11) is 0. The van der Waals surface area contributed by atoms with Crippen molar-refractivity contribution in [2.45, 2.75) is 33.4 Å². The van der Waals surface area contributed by atoms with Gasteiger partial charge in [0.1, 0.15) is 0 Å². The Kier molecular flexibility index (Phi) is 5.27. The molecule has 0 radical (unpaired) electrons. The van der Waals surface area contributed by atoms with Crippen molar-refractivity contribution in [2.75, 3.05) is 6.54 Å². The lowest BCUT2D eigenvalue weighted by Crippen LogP contribution is -2.34. The summed E-state index contributed by atoms with van der Waals surface area (Å²) in [5, 5.41) is 0. The van der Waals surface area contributed by atoms with Gasteiger partial charge in [-0.15, -0.1) is 6.58 Å². The van der Waals surface area contributed by atoms with Gasteiger partial charge in [-0.05, 0) is 18.4 Å². The molecule has 0 bridgehead atoms. The summed E-state index contributed by atoms with van der Waals surface area (Å²) in [6.07, 6.45) is 2.02. The highest BCUT2D eigenvalue weighted by molar-refractivity contribution is 5.14. The predicted molar refractivity (Wildman–Crippen MR) is 71.3 cm³/mol. The Morgan fingerprint density at radius 1 is 1.19 bits per heavy atom. The summed E-state index contributed by atoms with van der Waals surface area (Å²) in [4.78, 5) is 2.47. The van der Waals surface area contributed by atoms with Crippen molar-refractivity contribution < 1.29 is 0 Å². The van der Waals surface area contributed by atoms with Gasteiger partial charge < -0.3 is 0 Å². The third-order valence-electron chi connectivity index (χ3n) is 2.75. The molecular weight excluding hydrogens is 194 g/mol. The minimum absolute atomic E-state index is 0.433. The fourth-order valence-electron chi connectivity index (χ4n) is 1.81. The third kappa shape index (κ3) is 4.19. The van der Waals surface area contributed by atoms with Crippen LogP contribution >= 0.6 is 0 Å². The van der Waals surface area contributed by atoms with Gasteiger partial charge in [0.2, 0.25) is 0 Å². The van der Waals surface area contributed by atoms with Crippen LogP contribution in [0.2, 0.25) is 0 Å². The molecule has 0 saturated heterocycles. The number of rotatable bonds is 6. The van der Waals surface area contributed by atoms with Gasteiger partial charge in [-0.1, -0.05) is 50.3 Å². The van der Waals surface area contributed by atoms with E-state index >= 15 is 0 Å². The molecule has 0 heterocycles. The van der Waals surface area contributed by atoms with Gasteiger partial charge in [0.25, 0.3) is 0 Å². The maximum atomic E-state index is 3.89. The summed E-state index contributed by atoms with van der Waals surface area (Å²) in [6, 6.07) is 11.1. The molecule has 1 aromatic carbocycles. The number of hydrogen-bond acceptors (Lipinski definition) is 1. The third-order valence-corrected chi connectivity index (χ3v) is 2.75. The minimum atomic E-state index is 0.433. The van der Waals surface area contributed by atoms with E-state index in [1.807, 2.05) is 6.08 Å². The molecule has 1 unspecified atom stereocenters. The minimum Gasteiger partial charge on any atom is -0.293 e. The van der Waals surface area contributed by atoms with E-state index in [9.17, 15) is 0 Å². The highest BCUT2D eigenvalue weighted by atomic mass is 15.1. The van der Waals surface area contributed by atoms with Gasteiger partial charge >= 0.3 is 0 Å². The van der Waals surface area contributed by atoms with Crippen LogP contribution in [0.4, 0.5) is 0 Å². The SMILES string of the molecule is C=CC(C)N(Cc1ccccc1)CC(C)C. The van der Waals surface area contributed by atoms with E-state index in [2.05, 4.69) is 62.6 Å². The van der Waals surface area contributed by atoms with Crippen LogP contribution in [0.5, 0.6) is 0 Å². The molecule has 1 atom stereocenters. The van der Waals surface area contributed by atoms with E-state index in [1.54, 1.807) is 0 Å². The molecule has 0 fully saturated rings. The molecule has 1 heteroatoms. The first kappa shape index (κ1) is 13.0. The van der Waals surface area contributed by atoms with E-state index in [1.165, 1.54) is 5.56 Å². The van der Waals surface area contributed by atoms with Crippen LogP contribution < -0.4 is 0 Å². The molecule has 1 nitrogen and oxygen atoms in total. The van der Waals surface area contributed by atoms with Crippen LogP contribution in [0.25, 0.3) is 0 Å². The van der Waals surface area contributed by atoms with E-state index in [4.69, 9.17) is 0 Å². The molecule has 16 heavy (non-hydrogen) atoms. The monoisotopic (exact) mass is 217 g/mol. The number of nitrogens with zero attached hydrogens (tertiary/aromatic N) is 1. The van der Waals surface area contributed by atoms with Crippen molar-refractivity contribution in [3.05, 3.63) is 48.6 Å². The van der Waals surface area contributed by atoms with Crippen LogP contribution in [0.1, 0.15) is 26.3 Å². The first-order valence-electron chi connectivity index (χ1n) is 6.04. The van der Waals surface area contributed by atoms with E-state index in [0.717, 1.165) is 13.1 Å². The fourth-order valence-corrected chi connectivity index (χ4v) is 1.81. The molecule has 88 valence electrons. The second-order valence-electron chi connectivity index (χ2n) is 4.79. The fraction of sp³-hybridized carbons (Fsp3) is 0.467. The molecule has 0 aromatic heterocycles. The summed E-state index contributed by atoms with van der Waals surface area (Å²) >= 11 is 0. The molecule has 1 aromatic rings. The van der Waals surface area contributed by atoms with E-state index in [0.29, 0.717) is 12.0 Å². The van der Waals surface area contributed by atoms with Crippen LogP contribution in [0, 0.1) is 5.92 Å². The highest BCUT2D eigenvalue weighted by Gasteiger charge is 2.12. The Morgan fingerprint density at radius 2 is 1.81 bits per heavy atom. The first-order valence-corrected chi connectivity index (χ1v) is 6.04. The van der Waals surface area contributed by atoms with E-state index < -0.39 is 0 Å². The van der Waals surface area contributed by atoms with Crippen molar-refractivity contribution in [3.63, 3.8) is 0 Å². The molecule has 0 N–H and O–H groups in total. The normalized spacial score (nSPS) is 13.1. The van der Waals surface area contributed by atoms with Crippen molar-refractivity contribution in [1.82, 2.24) is 4.90 Å². The Hall–Kier alpha value is -1.08. The number of hydrogen-bond donors (Lipinski definition) is 0. The largest absolute Gasteiger partial charge is 0.293 e. The maximum absolute atomic E-state index is 3.89. The predicted octanol–water partition coefficient (Wildman–Crippen LogP) is 3.72. The lowest BCUT2D eigenvalue weighted by molar-refractivity contribution is 0.206. The lowest BCUT2D eigenvalue weighted by Gasteiger charge is -2.28. The highest BCUT2D eigenvalue weighted by Crippen LogP contribution is 2.11. The van der Waals surface area contributed by atoms with Gasteiger partial charge in [0.15, 0.2) is 0 Å². The molecular formula is C15H23N. The van der Waals surface area contributed by atoms with Crippen molar-refractivity contribution in [1.29, 1.82) is 0 Å². The molecule has 0 amide bonds. The van der Waals surface area contributed by atoms with Crippen LogP contribution in [0.3, 0.4) is 0 Å². The van der Waals surface area contributed by atoms with Crippen LogP contribution in [-0.2, 0) is 6.54 Å². The zero-order valence-electron chi connectivity index (χ0n) is 10.7. The maximum Gasteiger partial charge on any atom is 0.0250 e. The summed E-state index contributed by atoms with van der Waals surface area (Å²) in [5.74, 6) is 0.686. The Morgan fingerprint density at radius 3 is 2.31 bits per heavy atom. The second-order valence-corrected chi connectivity index (χ2v) is 4.79. The Bertz CT molecular complexity index is 302. The summed E-state index contributed by atoms with van der Waals surface area (Å²) in [6.45, 7) is 12.7. The first-order chi connectivity index (χ1) is 7.63. The van der Waals surface area contributed by atoms with Crippen molar-refractivity contribution in [2.24, 2.45) is 5.92 Å². The van der Waals surface area contributed by atoms with Crippen LogP contribution in [0.15, 0.2) is 43.0 Å². The average Bonchev–Trinajstić information content (AvgIpc) is 2.28. The molecule has 0 saturated carbocycles. The topological polar surface area (TPSA) is 3.24 Å². The smallest absolute Gasteiger partial charge is 0.0250 e. The zero-order valence-corrected chi connectivity index (χ0v) is 10.7. The van der Waals surface area contributed by atoms with Crippen molar-refractivity contribution >= 4 is 0 Å². The zero-order chi connectivity index (χ0) is 12.0. The van der Waals surface area contributed by atoms with Crippen molar-refractivity contribution in [3.8, 4) is 0 Å². The van der Waals surface area contributed by atoms with Gasteiger partial charge in [-0.3, -0.25) is 4.90 Å². The van der Waals surface area contributed by atoms with Crippen LogP contribution in [-0.4, -0.2) is 17.5 Å². The van der Waals surface area contributed by atoms with Gasteiger partial charge in [-0.25, -0.2) is 0 Å². The summed E-state index contributed by atoms with van der Waals surface area (Å²) in [5.41, 5.74) is 1.37. The average molecular weight is 217 g/mol. The van der Waals surface area contributed by atoms with E-state index in [-0.39, 0.29) is 0 Å². The molecule has 0 spiro atoms. The molecule has 0 aliphatic carbocycles. The molecule has 0 aliphatic heterocycles.